The van der Waals surface area contributed by atoms with Gasteiger partial charge in [0.1, 0.15) is 0 Å². The molecule has 3 amide bonds. The van der Waals surface area contributed by atoms with Gasteiger partial charge in [-0.05, 0) is 63.1 Å². The second-order valence-electron chi connectivity index (χ2n) is 7.63. The van der Waals surface area contributed by atoms with E-state index in [1.165, 1.54) is 0 Å². The maximum Gasteiger partial charge on any atom is 0.322 e. The van der Waals surface area contributed by atoms with Crippen molar-refractivity contribution in [3.8, 4) is 0 Å². The molecule has 2 heterocycles. The highest BCUT2D eigenvalue weighted by Crippen LogP contribution is 2.36. The van der Waals surface area contributed by atoms with E-state index in [-0.39, 0.29) is 30.1 Å². The second kappa shape index (κ2) is 6.33. The topological polar surface area (TPSA) is 81.7 Å². The fraction of sp³-hybridized carbons (Fsp3) is 0.579. The van der Waals surface area contributed by atoms with Crippen molar-refractivity contribution >= 4 is 17.6 Å². The number of hydrogen-bond donors (Lipinski definition) is 3. The Labute approximate surface area is 147 Å². The van der Waals surface area contributed by atoms with Crippen LogP contribution in [0.1, 0.15) is 54.4 Å². The Kier molecular flexibility index (Phi) is 4.15. The number of fused-ring (bicyclic) bond motifs is 2. The minimum absolute atomic E-state index is 0.0841. The van der Waals surface area contributed by atoms with Crippen LogP contribution in [0.3, 0.4) is 0 Å². The first-order valence-electron chi connectivity index (χ1n) is 9.20. The van der Waals surface area contributed by atoms with Crippen molar-refractivity contribution < 1.29 is 14.7 Å². The number of aliphatic hydroxyl groups excluding tert-OH is 1. The number of amides is 3. The molecule has 134 valence electrons. The van der Waals surface area contributed by atoms with Gasteiger partial charge in [0.05, 0.1) is 6.10 Å². The highest BCUT2D eigenvalue weighted by molar-refractivity contribution is 5.97. The summed E-state index contributed by atoms with van der Waals surface area (Å²) in [5.41, 5.74) is 2.18. The zero-order valence-corrected chi connectivity index (χ0v) is 14.5. The van der Waals surface area contributed by atoms with Crippen molar-refractivity contribution in [2.45, 2.75) is 69.7 Å². The van der Waals surface area contributed by atoms with Crippen molar-refractivity contribution in [1.29, 1.82) is 0 Å². The molecule has 6 heteroatoms. The lowest BCUT2D eigenvalue weighted by Crippen LogP contribution is -2.49. The number of nitrogens with one attached hydrogen (secondary N) is 2. The lowest BCUT2D eigenvalue weighted by atomic mass is 10.0. The van der Waals surface area contributed by atoms with Crippen LogP contribution < -0.4 is 10.6 Å². The van der Waals surface area contributed by atoms with Crippen LogP contribution in [0.25, 0.3) is 0 Å². The summed E-state index contributed by atoms with van der Waals surface area (Å²) < 4.78 is 0. The molecule has 25 heavy (non-hydrogen) atoms. The minimum Gasteiger partial charge on any atom is -0.393 e. The minimum atomic E-state index is -0.294. The highest BCUT2D eigenvalue weighted by atomic mass is 16.3. The molecular formula is C19H25N3O3. The average molecular weight is 343 g/mol. The Hall–Kier alpha value is -2.08. The molecule has 0 spiro atoms. The second-order valence-corrected chi connectivity index (χ2v) is 7.63. The molecule has 6 nitrogen and oxygen atoms in total. The summed E-state index contributed by atoms with van der Waals surface area (Å²) in [6, 6.07) is 5.84. The van der Waals surface area contributed by atoms with Gasteiger partial charge in [-0.3, -0.25) is 4.79 Å². The van der Waals surface area contributed by atoms with Crippen LogP contribution in [0, 0.1) is 6.92 Å². The largest absolute Gasteiger partial charge is 0.393 e. The molecule has 2 aliphatic heterocycles. The maximum atomic E-state index is 12.8. The summed E-state index contributed by atoms with van der Waals surface area (Å²) in [5.74, 6) is -0.0841. The van der Waals surface area contributed by atoms with E-state index < -0.39 is 0 Å². The first kappa shape index (κ1) is 16.4. The monoisotopic (exact) mass is 343 g/mol. The van der Waals surface area contributed by atoms with Gasteiger partial charge >= 0.3 is 6.03 Å². The van der Waals surface area contributed by atoms with E-state index in [2.05, 4.69) is 10.6 Å². The van der Waals surface area contributed by atoms with Gasteiger partial charge in [0.25, 0.3) is 5.91 Å². The smallest absolute Gasteiger partial charge is 0.322 e. The zero-order chi connectivity index (χ0) is 17.6. The number of carbonyl (C=O) groups excluding carboxylic acids is 2. The molecule has 4 rings (SSSR count). The molecule has 1 aromatic carbocycles. The average Bonchev–Trinajstić information content (AvgIpc) is 3.33. The van der Waals surface area contributed by atoms with E-state index in [4.69, 9.17) is 0 Å². The van der Waals surface area contributed by atoms with E-state index in [1.54, 1.807) is 12.1 Å². The Morgan fingerprint density at radius 1 is 1.12 bits per heavy atom. The van der Waals surface area contributed by atoms with Crippen molar-refractivity contribution in [2.75, 3.05) is 5.32 Å². The molecular weight excluding hydrogens is 318 g/mol. The number of aliphatic hydroxyl groups is 1. The van der Waals surface area contributed by atoms with E-state index in [0.29, 0.717) is 30.1 Å². The van der Waals surface area contributed by atoms with Crippen molar-refractivity contribution in [2.24, 2.45) is 0 Å². The molecule has 0 aromatic heterocycles. The summed E-state index contributed by atoms with van der Waals surface area (Å²) >= 11 is 0. The van der Waals surface area contributed by atoms with Crippen LogP contribution in [0.5, 0.6) is 0 Å². The number of carbonyl (C=O) groups is 2. The summed E-state index contributed by atoms with van der Waals surface area (Å²) in [7, 11) is 0. The van der Waals surface area contributed by atoms with Crippen LogP contribution >= 0.6 is 0 Å². The van der Waals surface area contributed by atoms with Gasteiger partial charge in [-0.15, -0.1) is 0 Å². The summed E-state index contributed by atoms with van der Waals surface area (Å²) in [5, 5.41) is 15.9. The third kappa shape index (κ3) is 3.35. The summed E-state index contributed by atoms with van der Waals surface area (Å²) in [4.78, 5) is 26.9. The Bertz CT molecular complexity index is 687. The molecule has 0 radical (unpaired) electrons. The number of piperidine rings is 1. The fourth-order valence-corrected chi connectivity index (χ4v) is 4.05. The first-order valence-corrected chi connectivity index (χ1v) is 9.20. The van der Waals surface area contributed by atoms with E-state index in [9.17, 15) is 14.7 Å². The molecule has 2 unspecified atom stereocenters. The van der Waals surface area contributed by atoms with Gasteiger partial charge in [-0.25, -0.2) is 4.79 Å². The maximum absolute atomic E-state index is 12.8. The third-order valence-electron chi connectivity index (χ3n) is 5.60. The predicted octanol–water partition coefficient (Wildman–Crippen LogP) is 2.41. The number of benzene rings is 1. The number of rotatable bonds is 3. The van der Waals surface area contributed by atoms with Gasteiger partial charge in [0.2, 0.25) is 0 Å². The van der Waals surface area contributed by atoms with Gasteiger partial charge < -0.3 is 20.6 Å². The van der Waals surface area contributed by atoms with Crippen LogP contribution in [-0.2, 0) is 0 Å². The molecule has 3 N–H and O–H groups in total. The molecule has 3 fully saturated rings. The standard InChI is InChI=1S/C19H25N3O3/c1-11-2-3-12(18(24)20-13-4-5-13)8-17(11)21-19(25)22-14-6-7-15(22)10-16(23)9-14/h2-3,8,13-16,23H,4-7,9-10H2,1H3,(H,20,24)(H,21,25). The van der Waals surface area contributed by atoms with E-state index in [1.807, 2.05) is 17.9 Å². The van der Waals surface area contributed by atoms with Crippen molar-refractivity contribution in [1.82, 2.24) is 10.2 Å². The normalized spacial score (nSPS) is 27.9. The van der Waals surface area contributed by atoms with Gasteiger partial charge in [0.15, 0.2) is 0 Å². The summed E-state index contributed by atoms with van der Waals surface area (Å²) in [6.45, 7) is 1.92. The quantitative estimate of drug-likeness (QED) is 0.788. The van der Waals surface area contributed by atoms with Crippen molar-refractivity contribution in [3.63, 3.8) is 0 Å². The number of hydrogen-bond acceptors (Lipinski definition) is 3. The van der Waals surface area contributed by atoms with Crippen LogP contribution in [0.2, 0.25) is 0 Å². The molecule has 2 saturated heterocycles. The number of anilines is 1. The Morgan fingerprint density at radius 2 is 1.80 bits per heavy atom. The molecule has 3 aliphatic rings. The van der Waals surface area contributed by atoms with Crippen LogP contribution in [0.15, 0.2) is 18.2 Å². The number of aryl methyl sites for hydroxylation is 1. The number of nitrogens with zero attached hydrogens (tertiary/aromatic N) is 1. The van der Waals surface area contributed by atoms with Gasteiger partial charge in [-0.1, -0.05) is 6.07 Å². The molecule has 2 bridgehead atoms. The Balaban J connectivity index is 1.48. The zero-order valence-electron chi connectivity index (χ0n) is 14.5. The van der Waals surface area contributed by atoms with Gasteiger partial charge in [-0.2, -0.15) is 0 Å². The third-order valence-corrected chi connectivity index (χ3v) is 5.60. The van der Waals surface area contributed by atoms with E-state index in [0.717, 1.165) is 31.2 Å². The molecule has 1 aliphatic carbocycles. The highest BCUT2D eigenvalue weighted by Gasteiger charge is 2.42. The number of urea groups is 1. The van der Waals surface area contributed by atoms with Gasteiger partial charge in [0, 0.05) is 29.4 Å². The molecule has 1 aromatic rings. The fourth-order valence-electron chi connectivity index (χ4n) is 4.05. The molecule has 2 atom stereocenters. The van der Waals surface area contributed by atoms with E-state index >= 15 is 0 Å². The lowest BCUT2D eigenvalue weighted by molar-refractivity contribution is 0.0580. The molecule has 1 saturated carbocycles. The van der Waals surface area contributed by atoms with Crippen molar-refractivity contribution in [3.05, 3.63) is 29.3 Å². The first-order chi connectivity index (χ1) is 12.0. The lowest BCUT2D eigenvalue weighted by Gasteiger charge is -2.37. The predicted molar refractivity (Wildman–Crippen MR) is 94.6 cm³/mol. The summed E-state index contributed by atoms with van der Waals surface area (Å²) in [6.07, 6.45) is 5.03. The Morgan fingerprint density at radius 3 is 2.44 bits per heavy atom. The van der Waals surface area contributed by atoms with Crippen LogP contribution in [-0.4, -0.2) is 46.2 Å². The van der Waals surface area contributed by atoms with Crippen LogP contribution in [0.4, 0.5) is 10.5 Å². The SMILES string of the molecule is Cc1ccc(C(=O)NC2CC2)cc1NC(=O)N1C2CCC1CC(O)C2.